The van der Waals surface area contributed by atoms with Crippen LogP contribution in [-0.4, -0.2) is 79.0 Å². The first kappa shape index (κ1) is 21.2. The largest absolute Gasteiger partial charge is 0.485 e. The summed E-state index contributed by atoms with van der Waals surface area (Å²) in [6.45, 7) is 5.08. The molecule has 2 aromatic rings. The summed E-state index contributed by atoms with van der Waals surface area (Å²) >= 11 is 0. The van der Waals surface area contributed by atoms with E-state index < -0.39 is 6.10 Å². The van der Waals surface area contributed by atoms with Crippen molar-refractivity contribution < 1.29 is 19.1 Å². The Hall–Kier alpha value is -3.06. The lowest BCUT2D eigenvalue weighted by Gasteiger charge is -2.37. The third-order valence-corrected chi connectivity index (χ3v) is 6.08. The molecular weight excluding hydrogens is 394 g/mol. The summed E-state index contributed by atoms with van der Waals surface area (Å²) < 4.78 is 11.5. The van der Waals surface area contributed by atoms with Crippen molar-refractivity contribution in [3.05, 3.63) is 60.2 Å². The first-order valence-electron chi connectivity index (χ1n) is 10.7. The van der Waals surface area contributed by atoms with Crippen molar-refractivity contribution in [2.45, 2.75) is 19.1 Å². The van der Waals surface area contributed by atoms with Crippen molar-refractivity contribution in [3.63, 3.8) is 0 Å². The van der Waals surface area contributed by atoms with Gasteiger partial charge in [0, 0.05) is 33.2 Å². The number of rotatable bonds is 5. The van der Waals surface area contributed by atoms with Crippen LogP contribution < -0.4 is 9.47 Å². The Morgan fingerprint density at radius 1 is 1.00 bits per heavy atom. The Morgan fingerprint density at radius 2 is 1.65 bits per heavy atom. The van der Waals surface area contributed by atoms with Crippen molar-refractivity contribution in [2.75, 3.05) is 46.4 Å². The van der Waals surface area contributed by atoms with Crippen molar-refractivity contribution >= 4 is 11.8 Å². The number of carbonyl (C=O) groups excluding carboxylic acids is 2. The Morgan fingerprint density at radius 3 is 2.35 bits per heavy atom. The molecule has 2 unspecified atom stereocenters. The smallest absolute Gasteiger partial charge is 0.267 e. The first-order valence-corrected chi connectivity index (χ1v) is 10.7. The maximum Gasteiger partial charge on any atom is 0.267 e. The van der Waals surface area contributed by atoms with Gasteiger partial charge in [0.1, 0.15) is 6.61 Å². The van der Waals surface area contributed by atoms with Gasteiger partial charge >= 0.3 is 0 Å². The Balaban J connectivity index is 1.26. The van der Waals surface area contributed by atoms with Gasteiger partial charge in [0.25, 0.3) is 5.91 Å². The maximum atomic E-state index is 12.9. The highest BCUT2D eigenvalue weighted by Crippen LogP contribution is 2.31. The number of hydrogen-bond acceptors (Lipinski definition) is 5. The quantitative estimate of drug-likeness (QED) is 0.738. The van der Waals surface area contributed by atoms with Gasteiger partial charge in [-0.3, -0.25) is 14.5 Å². The number of fused-ring (bicyclic) bond motifs is 1. The predicted molar refractivity (Wildman–Crippen MR) is 117 cm³/mol. The van der Waals surface area contributed by atoms with Crippen LogP contribution in [0.15, 0.2) is 54.6 Å². The average Bonchev–Trinajstić information content (AvgIpc) is 2.83. The highest BCUT2D eigenvalue weighted by Gasteiger charge is 2.33. The topological polar surface area (TPSA) is 62.3 Å². The van der Waals surface area contributed by atoms with Crippen LogP contribution in [0.1, 0.15) is 18.5 Å². The number of hydrogen-bond donors (Lipinski definition) is 0. The number of ether oxygens (including phenoxy) is 2. The van der Waals surface area contributed by atoms with Crippen molar-refractivity contribution in [2.24, 2.45) is 0 Å². The van der Waals surface area contributed by atoms with Crippen LogP contribution in [0.3, 0.4) is 0 Å². The second-order valence-electron chi connectivity index (χ2n) is 8.06. The Kier molecular flexibility index (Phi) is 6.42. The molecule has 2 heterocycles. The fourth-order valence-electron chi connectivity index (χ4n) is 3.95. The van der Waals surface area contributed by atoms with Crippen LogP contribution in [-0.2, 0) is 9.59 Å². The van der Waals surface area contributed by atoms with Crippen molar-refractivity contribution in [1.82, 2.24) is 14.7 Å². The zero-order chi connectivity index (χ0) is 21.8. The van der Waals surface area contributed by atoms with E-state index in [2.05, 4.69) is 4.90 Å². The minimum absolute atomic E-state index is 0.0166. The van der Waals surface area contributed by atoms with Gasteiger partial charge in [-0.15, -0.1) is 0 Å². The van der Waals surface area contributed by atoms with E-state index in [0.717, 1.165) is 5.56 Å². The predicted octanol–water partition coefficient (Wildman–Crippen LogP) is 2.19. The molecule has 0 N–H and O–H groups in total. The SMILES string of the molecule is CC(c1ccccc1)N(C)C(=O)CN1CCN(C(=O)C2COc3ccccc3O2)CC1. The van der Waals surface area contributed by atoms with Gasteiger partial charge in [-0.2, -0.15) is 0 Å². The van der Waals surface area contributed by atoms with E-state index in [-0.39, 0.29) is 24.5 Å². The summed E-state index contributed by atoms with van der Waals surface area (Å²) in [5, 5.41) is 0. The molecule has 2 aliphatic rings. The van der Waals surface area contributed by atoms with E-state index in [1.165, 1.54) is 0 Å². The monoisotopic (exact) mass is 423 g/mol. The number of amides is 2. The van der Waals surface area contributed by atoms with Crippen LogP contribution in [0.25, 0.3) is 0 Å². The van der Waals surface area contributed by atoms with E-state index in [4.69, 9.17) is 9.47 Å². The fraction of sp³-hybridized carbons (Fsp3) is 0.417. The molecular formula is C24H29N3O4. The summed E-state index contributed by atoms with van der Waals surface area (Å²) in [7, 11) is 1.85. The van der Waals surface area contributed by atoms with Crippen LogP contribution >= 0.6 is 0 Å². The molecule has 0 spiro atoms. The molecule has 0 radical (unpaired) electrons. The molecule has 1 saturated heterocycles. The summed E-state index contributed by atoms with van der Waals surface area (Å²) in [5.41, 5.74) is 1.12. The van der Waals surface area contributed by atoms with E-state index >= 15 is 0 Å². The average molecular weight is 424 g/mol. The molecule has 164 valence electrons. The zero-order valence-electron chi connectivity index (χ0n) is 18.1. The number of piperazine rings is 1. The van der Waals surface area contributed by atoms with E-state index in [0.29, 0.717) is 44.2 Å². The number of carbonyl (C=O) groups is 2. The summed E-state index contributed by atoms with van der Waals surface area (Å²) in [5.74, 6) is 1.29. The number of nitrogens with zero attached hydrogens (tertiary/aromatic N) is 3. The lowest BCUT2D eigenvalue weighted by Crippen LogP contribution is -2.55. The molecule has 0 saturated carbocycles. The van der Waals surface area contributed by atoms with Crippen LogP contribution in [0.4, 0.5) is 0 Å². The second kappa shape index (κ2) is 9.39. The summed E-state index contributed by atoms with van der Waals surface area (Å²) in [4.78, 5) is 31.3. The first-order chi connectivity index (χ1) is 15.0. The minimum atomic E-state index is -0.624. The highest BCUT2D eigenvalue weighted by molar-refractivity contribution is 5.82. The van der Waals surface area contributed by atoms with Gasteiger partial charge < -0.3 is 19.3 Å². The number of benzene rings is 2. The molecule has 31 heavy (non-hydrogen) atoms. The minimum Gasteiger partial charge on any atom is -0.485 e. The summed E-state index contributed by atoms with van der Waals surface area (Å²) in [6.07, 6.45) is -0.624. The van der Waals surface area contributed by atoms with Crippen LogP contribution in [0, 0.1) is 0 Å². The van der Waals surface area contributed by atoms with Gasteiger partial charge in [-0.05, 0) is 24.6 Å². The lowest BCUT2D eigenvalue weighted by molar-refractivity contribution is -0.143. The molecule has 0 aromatic heterocycles. The molecule has 7 heteroatoms. The van der Waals surface area contributed by atoms with Crippen LogP contribution in [0.2, 0.25) is 0 Å². The maximum absolute atomic E-state index is 12.9. The third kappa shape index (κ3) is 4.82. The summed E-state index contributed by atoms with van der Waals surface area (Å²) in [6, 6.07) is 17.4. The molecule has 1 fully saturated rings. The molecule has 2 atom stereocenters. The Labute approximate surface area is 183 Å². The van der Waals surface area contributed by atoms with E-state index in [9.17, 15) is 9.59 Å². The van der Waals surface area contributed by atoms with Crippen molar-refractivity contribution in [3.8, 4) is 11.5 Å². The number of para-hydroxylation sites is 2. The highest BCUT2D eigenvalue weighted by atomic mass is 16.6. The van der Waals surface area contributed by atoms with E-state index in [1.54, 1.807) is 9.80 Å². The standard InChI is InChI=1S/C24H29N3O4/c1-18(19-8-4-3-5-9-19)25(2)23(28)16-26-12-14-27(15-13-26)24(29)22-17-30-20-10-6-7-11-21(20)31-22/h3-11,18,22H,12-17H2,1-2H3. The molecule has 7 nitrogen and oxygen atoms in total. The van der Waals surface area contributed by atoms with Gasteiger partial charge in [0.15, 0.2) is 11.5 Å². The number of likely N-dealkylation sites (N-methyl/N-ethyl adjacent to an activating group) is 1. The second-order valence-corrected chi connectivity index (χ2v) is 8.06. The fourth-order valence-corrected chi connectivity index (χ4v) is 3.95. The molecule has 0 bridgehead atoms. The van der Waals surface area contributed by atoms with Gasteiger partial charge in [-0.1, -0.05) is 42.5 Å². The molecule has 2 amide bonds. The zero-order valence-corrected chi connectivity index (χ0v) is 18.1. The molecule has 2 aliphatic heterocycles. The third-order valence-electron chi connectivity index (χ3n) is 6.08. The van der Waals surface area contributed by atoms with Gasteiger partial charge in [0.05, 0.1) is 12.6 Å². The Bertz CT molecular complexity index is 912. The van der Waals surface area contributed by atoms with E-state index in [1.807, 2.05) is 68.6 Å². The molecule has 2 aromatic carbocycles. The van der Waals surface area contributed by atoms with Crippen LogP contribution in [0.5, 0.6) is 11.5 Å². The molecule has 4 rings (SSSR count). The normalized spacial score (nSPS) is 19.5. The van der Waals surface area contributed by atoms with Gasteiger partial charge in [-0.25, -0.2) is 0 Å². The molecule has 0 aliphatic carbocycles. The van der Waals surface area contributed by atoms with Gasteiger partial charge in [0.2, 0.25) is 12.0 Å². The lowest BCUT2D eigenvalue weighted by atomic mass is 10.1. The van der Waals surface area contributed by atoms with Crippen molar-refractivity contribution in [1.29, 1.82) is 0 Å².